The topological polar surface area (TPSA) is 110 Å². The molecule has 2 N–H and O–H groups in total. The van der Waals surface area contributed by atoms with Gasteiger partial charge < -0.3 is 5.32 Å². The van der Waals surface area contributed by atoms with Crippen LogP contribution in [0.4, 0.5) is 15.8 Å². The molecule has 0 saturated heterocycles. The second-order valence-electron chi connectivity index (χ2n) is 6.07. The Labute approximate surface area is 156 Å². The van der Waals surface area contributed by atoms with Gasteiger partial charge >= 0.3 is 5.69 Å². The minimum absolute atomic E-state index is 0.0637. The van der Waals surface area contributed by atoms with E-state index in [0.29, 0.717) is 17.8 Å². The Morgan fingerprint density at radius 2 is 1.96 bits per heavy atom. The summed E-state index contributed by atoms with van der Waals surface area (Å²) in [6.45, 7) is 4.74. The van der Waals surface area contributed by atoms with Crippen LogP contribution in [0.3, 0.4) is 0 Å². The van der Waals surface area contributed by atoms with Crippen LogP contribution in [0, 0.1) is 19.7 Å². The van der Waals surface area contributed by atoms with E-state index >= 15 is 0 Å². The molecule has 27 heavy (non-hydrogen) atoms. The van der Waals surface area contributed by atoms with Gasteiger partial charge in [0.25, 0.3) is 0 Å². The second kappa shape index (κ2) is 8.30. The molecule has 0 unspecified atom stereocenters. The summed E-state index contributed by atoms with van der Waals surface area (Å²) >= 11 is 0. The van der Waals surface area contributed by atoms with Crippen LogP contribution >= 0.6 is 0 Å². The van der Waals surface area contributed by atoms with Crippen molar-refractivity contribution in [3.8, 4) is 0 Å². The van der Waals surface area contributed by atoms with E-state index in [0.717, 1.165) is 6.07 Å². The van der Waals surface area contributed by atoms with E-state index in [1.165, 1.54) is 16.7 Å². The quantitative estimate of drug-likeness (QED) is 0.741. The third-order valence-electron chi connectivity index (χ3n) is 3.64. The zero-order valence-corrected chi connectivity index (χ0v) is 16.1. The lowest BCUT2D eigenvalue weighted by atomic mass is 10.2. The van der Waals surface area contributed by atoms with Gasteiger partial charge in [-0.15, -0.1) is 0 Å². The molecule has 1 aromatic carbocycles. The molecule has 0 spiro atoms. The number of aryl methyl sites for hydroxylation is 2. The van der Waals surface area contributed by atoms with Crippen LogP contribution < -0.4 is 15.7 Å². The molecule has 1 heterocycles. The molecule has 0 bridgehead atoms. The SMILES string of the molecule is CCCS(=O)(=O)Nc1ccc(NC(=O)Cn2c(C)cc(C)nc2=O)c(F)c1. The molecule has 0 aliphatic heterocycles. The van der Waals surface area contributed by atoms with E-state index in [1.54, 1.807) is 26.8 Å². The van der Waals surface area contributed by atoms with E-state index in [2.05, 4.69) is 15.0 Å². The monoisotopic (exact) mass is 396 g/mol. The fourth-order valence-corrected chi connectivity index (χ4v) is 3.61. The van der Waals surface area contributed by atoms with Gasteiger partial charge in [-0.1, -0.05) is 6.92 Å². The van der Waals surface area contributed by atoms with E-state index in [1.807, 2.05) is 0 Å². The van der Waals surface area contributed by atoms with Crippen LogP contribution in [-0.4, -0.2) is 29.6 Å². The van der Waals surface area contributed by atoms with Crippen molar-refractivity contribution in [1.29, 1.82) is 0 Å². The van der Waals surface area contributed by atoms with E-state index in [9.17, 15) is 22.4 Å². The lowest BCUT2D eigenvalue weighted by Crippen LogP contribution is -2.31. The Kier molecular flexibility index (Phi) is 6.32. The van der Waals surface area contributed by atoms with Gasteiger partial charge in [0, 0.05) is 17.5 Å². The van der Waals surface area contributed by atoms with Crippen molar-refractivity contribution in [2.24, 2.45) is 0 Å². The maximum absolute atomic E-state index is 14.2. The van der Waals surface area contributed by atoms with E-state index < -0.39 is 27.4 Å². The average Bonchev–Trinajstić information content (AvgIpc) is 2.53. The van der Waals surface area contributed by atoms with Crippen LogP contribution in [0.15, 0.2) is 29.1 Å². The van der Waals surface area contributed by atoms with Crippen molar-refractivity contribution in [3.05, 3.63) is 52.0 Å². The van der Waals surface area contributed by atoms with Gasteiger partial charge in [-0.2, -0.15) is 4.98 Å². The van der Waals surface area contributed by atoms with E-state index in [4.69, 9.17) is 0 Å². The first-order valence-electron chi connectivity index (χ1n) is 8.26. The summed E-state index contributed by atoms with van der Waals surface area (Å²) in [6.07, 6.45) is 0.429. The number of carbonyl (C=O) groups is 1. The first-order valence-corrected chi connectivity index (χ1v) is 9.91. The zero-order valence-electron chi connectivity index (χ0n) is 15.2. The lowest BCUT2D eigenvalue weighted by molar-refractivity contribution is -0.116. The highest BCUT2D eigenvalue weighted by Crippen LogP contribution is 2.20. The molecule has 0 aliphatic carbocycles. The number of aromatic nitrogens is 2. The van der Waals surface area contributed by atoms with Gasteiger partial charge in [0.2, 0.25) is 15.9 Å². The Hall–Kier alpha value is -2.75. The Morgan fingerprint density at radius 1 is 1.26 bits per heavy atom. The molecule has 0 atom stereocenters. The number of hydrogen-bond acceptors (Lipinski definition) is 5. The van der Waals surface area contributed by atoms with E-state index in [-0.39, 0.29) is 23.7 Å². The number of sulfonamides is 1. The predicted octanol–water partition coefficient (Wildman–Crippen LogP) is 1.79. The number of halogens is 1. The molecule has 1 amide bonds. The van der Waals surface area contributed by atoms with Gasteiger partial charge in [-0.05, 0) is 38.5 Å². The minimum Gasteiger partial charge on any atom is -0.322 e. The number of rotatable bonds is 7. The summed E-state index contributed by atoms with van der Waals surface area (Å²) in [4.78, 5) is 27.8. The van der Waals surface area contributed by atoms with Crippen LogP contribution in [-0.2, 0) is 21.4 Å². The van der Waals surface area contributed by atoms with Gasteiger partial charge in [0.15, 0.2) is 0 Å². The molecule has 2 aromatic rings. The van der Waals surface area contributed by atoms with Gasteiger partial charge in [-0.25, -0.2) is 17.6 Å². The summed E-state index contributed by atoms with van der Waals surface area (Å²) in [5.74, 6) is -1.48. The summed E-state index contributed by atoms with van der Waals surface area (Å²) in [7, 11) is -3.54. The van der Waals surface area contributed by atoms with Gasteiger partial charge in [-0.3, -0.25) is 14.1 Å². The van der Waals surface area contributed by atoms with Crippen LogP contribution in [0.5, 0.6) is 0 Å². The number of hydrogen-bond donors (Lipinski definition) is 2. The average molecular weight is 396 g/mol. The maximum atomic E-state index is 14.2. The van der Waals surface area contributed by atoms with Crippen LogP contribution in [0.25, 0.3) is 0 Å². The number of nitrogens with zero attached hydrogens (tertiary/aromatic N) is 2. The summed E-state index contributed by atoms with van der Waals surface area (Å²) < 4.78 is 41.1. The third kappa shape index (κ3) is 5.61. The molecule has 1 aromatic heterocycles. The summed E-state index contributed by atoms with van der Waals surface area (Å²) in [5, 5.41) is 2.36. The second-order valence-corrected chi connectivity index (χ2v) is 7.91. The Bertz CT molecular complexity index is 1020. The molecule has 0 aliphatic rings. The first-order chi connectivity index (χ1) is 12.6. The molecule has 0 fully saturated rings. The highest BCUT2D eigenvalue weighted by molar-refractivity contribution is 7.92. The molecular formula is C17H21FN4O4S. The van der Waals surface area contributed by atoms with Crippen molar-refractivity contribution in [3.63, 3.8) is 0 Å². The largest absolute Gasteiger partial charge is 0.348 e. The third-order valence-corrected chi connectivity index (χ3v) is 5.13. The minimum atomic E-state index is -3.54. The van der Waals surface area contributed by atoms with Crippen LogP contribution in [0.2, 0.25) is 0 Å². The van der Waals surface area contributed by atoms with Crippen molar-refractivity contribution in [2.75, 3.05) is 15.8 Å². The number of amides is 1. The Morgan fingerprint density at radius 3 is 2.56 bits per heavy atom. The maximum Gasteiger partial charge on any atom is 0.348 e. The highest BCUT2D eigenvalue weighted by atomic mass is 32.2. The number of nitrogens with one attached hydrogen (secondary N) is 2. The fraction of sp³-hybridized carbons (Fsp3) is 0.353. The smallest absolute Gasteiger partial charge is 0.322 e. The summed E-state index contributed by atoms with van der Waals surface area (Å²) in [6, 6.07) is 5.23. The predicted molar refractivity (Wildman–Crippen MR) is 101 cm³/mol. The van der Waals surface area contributed by atoms with Crippen molar-refractivity contribution >= 4 is 27.3 Å². The molecule has 2 rings (SSSR count). The molecule has 0 saturated carbocycles. The van der Waals surface area contributed by atoms with Crippen LogP contribution in [0.1, 0.15) is 24.7 Å². The van der Waals surface area contributed by atoms with Gasteiger partial charge in [0.1, 0.15) is 12.4 Å². The van der Waals surface area contributed by atoms with Crippen molar-refractivity contribution in [1.82, 2.24) is 9.55 Å². The lowest BCUT2D eigenvalue weighted by Gasteiger charge is -2.12. The first kappa shape index (κ1) is 20.6. The molecule has 0 radical (unpaired) electrons. The number of anilines is 2. The summed E-state index contributed by atoms with van der Waals surface area (Å²) in [5.41, 5.74) is 0.479. The zero-order chi connectivity index (χ0) is 20.2. The molecular weight excluding hydrogens is 375 g/mol. The van der Waals surface area contributed by atoms with Gasteiger partial charge in [0.05, 0.1) is 17.1 Å². The Balaban J connectivity index is 2.12. The van der Waals surface area contributed by atoms with Crippen molar-refractivity contribution in [2.45, 2.75) is 33.7 Å². The molecule has 8 nitrogen and oxygen atoms in total. The standard InChI is InChI=1S/C17H21FN4O4S/c1-4-7-27(25,26)21-13-5-6-15(14(18)9-13)20-16(23)10-22-12(3)8-11(2)19-17(22)24/h5-6,8-9,21H,4,7,10H2,1-3H3,(H,20,23). The fourth-order valence-electron chi connectivity index (χ4n) is 2.48. The van der Waals surface area contributed by atoms with Crippen molar-refractivity contribution < 1.29 is 17.6 Å². The number of carbonyl (C=O) groups excluding carboxylic acids is 1. The number of benzene rings is 1. The molecule has 10 heteroatoms. The normalized spacial score (nSPS) is 11.3. The molecule has 146 valence electrons. The highest BCUT2D eigenvalue weighted by Gasteiger charge is 2.13.